The summed E-state index contributed by atoms with van der Waals surface area (Å²) >= 11 is 4.73. The third-order valence-corrected chi connectivity index (χ3v) is 7.53. The Hall–Kier alpha value is 0.777. The van der Waals surface area contributed by atoms with Crippen molar-refractivity contribution in [1.29, 1.82) is 0 Å². The van der Waals surface area contributed by atoms with E-state index >= 15 is 0 Å². The zero-order chi connectivity index (χ0) is 15.0. The Bertz CT molecular complexity index is 398. The predicted octanol–water partition coefficient (Wildman–Crippen LogP) is 4.49. The average Bonchev–Trinajstić information content (AvgIpc) is 2.38. The van der Waals surface area contributed by atoms with Gasteiger partial charge in [-0.2, -0.15) is 0 Å². The van der Waals surface area contributed by atoms with Gasteiger partial charge in [0.05, 0.1) is 0 Å². The fourth-order valence-electron chi connectivity index (χ4n) is 2.01. The van der Waals surface area contributed by atoms with E-state index in [9.17, 15) is 0 Å². The van der Waals surface area contributed by atoms with Gasteiger partial charge in [-0.05, 0) is 90.1 Å². The number of rotatable bonds is 9. The molecule has 20 heavy (non-hydrogen) atoms. The molecular weight excluding hydrogens is 498 g/mol. The van der Waals surface area contributed by atoms with Crippen LogP contribution in [0.3, 0.4) is 0 Å². The Morgan fingerprint density at radius 3 is 1.95 bits per heavy atom. The topological polar surface area (TPSA) is 27.7 Å². The minimum atomic E-state index is -2.52. The summed E-state index contributed by atoms with van der Waals surface area (Å²) in [4.78, 5) is 0. The van der Waals surface area contributed by atoms with Crippen molar-refractivity contribution in [3.05, 3.63) is 30.9 Å². The predicted molar refractivity (Wildman–Crippen MR) is 101 cm³/mol. The summed E-state index contributed by atoms with van der Waals surface area (Å²) in [7, 11) is -2.52. The zero-order valence-corrected chi connectivity index (χ0v) is 17.6. The van der Waals surface area contributed by atoms with Crippen LogP contribution in [-0.4, -0.2) is 28.6 Å². The molecule has 0 atom stereocenters. The van der Waals surface area contributed by atoms with Crippen LogP contribution in [0.5, 0.6) is 0 Å². The van der Waals surface area contributed by atoms with E-state index in [0.29, 0.717) is 19.8 Å². The smallest absolute Gasteiger partial charge is 0.374 e. The maximum absolute atomic E-state index is 5.89. The van der Waals surface area contributed by atoms with Crippen molar-refractivity contribution in [2.75, 3.05) is 19.8 Å². The van der Waals surface area contributed by atoms with Gasteiger partial charge in [0.1, 0.15) is 0 Å². The molecular formula is C14H22I2O3Si. The van der Waals surface area contributed by atoms with Crippen molar-refractivity contribution >= 4 is 54.0 Å². The second kappa shape index (κ2) is 9.72. The number of hydrogen-bond donors (Lipinski definition) is 0. The molecule has 0 aliphatic rings. The van der Waals surface area contributed by atoms with Crippen molar-refractivity contribution in [3.8, 4) is 0 Å². The second-order valence-corrected chi connectivity index (χ2v) is 9.36. The van der Waals surface area contributed by atoms with Crippen molar-refractivity contribution in [3.63, 3.8) is 0 Å². The van der Waals surface area contributed by atoms with Crippen LogP contribution >= 0.6 is 45.2 Å². The minimum Gasteiger partial charge on any atom is -0.374 e. The standard InChI is InChI=1S/C14H22I2O3Si/c1-4-17-20(18-5-2,19-6-3)10-9-12-7-8-13(15)11-14(12)16/h7-8,11H,4-6,9-10H2,1-3H3. The summed E-state index contributed by atoms with van der Waals surface area (Å²) in [5.41, 5.74) is 1.34. The lowest BCUT2D eigenvalue weighted by molar-refractivity contribution is 0.0714. The van der Waals surface area contributed by atoms with E-state index in [4.69, 9.17) is 13.3 Å². The Morgan fingerprint density at radius 1 is 0.950 bits per heavy atom. The van der Waals surface area contributed by atoms with Crippen LogP contribution < -0.4 is 0 Å². The van der Waals surface area contributed by atoms with Crippen molar-refractivity contribution in [2.24, 2.45) is 0 Å². The lowest BCUT2D eigenvalue weighted by atomic mass is 10.2. The molecule has 0 fully saturated rings. The monoisotopic (exact) mass is 520 g/mol. The van der Waals surface area contributed by atoms with E-state index in [0.717, 1.165) is 12.5 Å². The molecule has 0 unspecified atom stereocenters. The maximum atomic E-state index is 5.89. The van der Waals surface area contributed by atoms with Gasteiger partial charge in [0.2, 0.25) is 0 Å². The van der Waals surface area contributed by atoms with Gasteiger partial charge in [-0.25, -0.2) is 0 Å². The van der Waals surface area contributed by atoms with Crippen molar-refractivity contribution in [1.82, 2.24) is 0 Å². The van der Waals surface area contributed by atoms with Gasteiger partial charge < -0.3 is 13.3 Å². The van der Waals surface area contributed by atoms with E-state index in [1.54, 1.807) is 0 Å². The van der Waals surface area contributed by atoms with Crippen molar-refractivity contribution in [2.45, 2.75) is 33.2 Å². The normalized spacial score (nSPS) is 11.8. The fraction of sp³-hybridized carbons (Fsp3) is 0.571. The van der Waals surface area contributed by atoms with Crippen LogP contribution in [0.1, 0.15) is 26.3 Å². The molecule has 0 radical (unpaired) electrons. The summed E-state index contributed by atoms with van der Waals surface area (Å²) in [6.45, 7) is 7.89. The number of aryl methyl sites for hydroxylation is 1. The summed E-state index contributed by atoms with van der Waals surface area (Å²) in [6.07, 6.45) is 0.932. The Morgan fingerprint density at radius 2 is 1.50 bits per heavy atom. The van der Waals surface area contributed by atoms with Gasteiger partial charge >= 0.3 is 8.80 Å². The first-order chi connectivity index (χ1) is 9.56. The Balaban J connectivity index is 2.78. The van der Waals surface area contributed by atoms with Gasteiger partial charge in [0, 0.05) is 33.0 Å². The summed E-state index contributed by atoms with van der Waals surface area (Å²) in [5, 5.41) is 0. The second-order valence-electron chi connectivity index (χ2n) is 4.22. The van der Waals surface area contributed by atoms with E-state index in [1.807, 2.05) is 20.8 Å². The average molecular weight is 520 g/mol. The highest BCUT2D eigenvalue weighted by atomic mass is 127. The third kappa shape index (κ3) is 5.88. The van der Waals surface area contributed by atoms with Gasteiger partial charge in [-0.3, -0.25) is 0 Å². The van der Waals surface area contributed by atoms with E-state index in [2.05, 4.69) is 63.4 Å². The SMILES string of the molecule is CCO[Si](CCc1ccc(I)cc1I)(OCC)OCC. The number of halogens is 2. The van der Waals surface area contributed by atoms with Crippen molar-refractivity contribution < 1.29 is 13.3 Å². The molecule has 0 heterocycles. The largest absolute Gasteiger partial charge is 0.501 e. The molecule has 0 aliphatic heterocycles. The lowest BCUT2D eigenvalue weighted by Crippen LogP contribution is -2.46. The van der Waals surface area contributed by atoms with E-state index < -0.39 is 8.80 Å². The molecule has 6 heteroatoms. The molecule has 0 spiro atoms. The van der Waals surface area contributed by atoms with Gasteiger partial charge in [0.15, 0.2) is 0 Å². The van der Waals surface area contributed by atoms with E-state index in [1.165, 1.54) is 12.7 Å². The summed E-state index contributed by atoms with van der Waals surface area (Å²) < 4.78 is 20.2. The molecule has 0 bridgehead atoms. The van der Waals surface area contributed by atoms with Crippen LogP contribution in [0.25, 0.3) is 0 Å². The number of hydrogen-bond acceptors (Lipinski definition) is 3. The Labute approximate surface area is 150 Å². The van der Waals surface area contributed by atoms with Gasteiger partial charge in [-0.1, -0.05) is 6.07 Å². The molecule has 0 saturated heterocycles. The zero-order valence-electron chi connectivity index (χ0n) is 12.2. The number of benzene rings is 1. The quantitative estimate of drug-likeness (QED) is 0.355. The molecule has 0 amide bonds. The van der Waals surface area contributed by atoms with Crippen LogP contribution in [0, 0.1) is 7.14 Å². The van der Waals surface area contributed by atoms with E-state index in [-0.39, 0.29) is 0 Å². The summed E-state index contributed by atoms with van der Waals surface area (Å²) in [5.74, 6) is 0. The minimum absolute atomic E-state index is 0.635. The van der Waals surface area contributed by atoms with Gasteiger partial charge in [0.25, 0.3) is 0 Å². The van der Waals surface area contributed by atoms with Crippen LogP contribution in [0.4, 0.5) is 0 Å². The van der Waals surface area contributed by atoms with Crippen LogP contribution in [0.2, 0.25) is 6.04 Å². The molecule has 3 nitrogen and oxygen atoms in total. The first kappa shape index (κ1) is 18.8. The molecule has 0 aromatic heterocycles. The molecule has 1 aromatic carbocycles. The molecule has 1 aromatic rings. The molecule has 0 saturated carbocycles. The molecule has 0 aliphatic carbocycles. The highest BCUT2D eigenvalue weighted by Gasteiger charge is 2.39. The molecule has 0 N–H and O–H groups in total. The molecule has 114 valence electrons. The first-order valence-corrected chi connectivity index (χ1v) is 11.0. The highest BCUT2D eigenvalue weighted by molar-refractivity contribution is 14.1. The maximum Gasteiger partial charge on any atom is 0.501 e. The first-order valence-electron chi connectivity index (χ1n) is 6.92. The van der Waals surface area contributed by atoms with Gasteiger partial charge in [-0.15, -0.1) is 0 Å². The third-order valence-electron chi connectivity index (χ3n) is 2.81. The summed E-state index contributed by atoms with van der Waals surface area (Å²) in [6, 6.07) is 7.36. The fourth-order valence-corrected chi connectivity index (χ4v) is 6.46. The highest BCUT2D eigenvalue weighted by Crippen LogP contribution is 2.23. The van der Waals surface area contributed by atoms with Crippen LogP contribution in [-0.2, 0) is 19.7 Å². The molecule has 1 rings (SSSR count). The lowest BCUT2D eigenvalue weighted by Gasteiger charge is -2.28. The van der Waals surface area contributed by atoms with Crippen LogP contribution in [0.15, 0.2) is 18.2 Å². The Kier molecular flexibility index (Phi) is 9.15.